The molecule has 0 saturated carbocycles. The minimum absolute atomic E-state index is 0.354. The highest BCUT2D eigenvalue weighted by Gasteiger charge is 2.07. The topological polar surface area (TPSA) is 24.1 Å². The Balaban J connectivity index is 2.48. The summed E-state index contributed by atoms with van der Waals surface area (Å²) in [5.74, 6) is 0.546. The molecule has 0 amide bonds. The van der Waals surface area contributed by atoms with E-state index in [-0.39, 0.29) is 0 Å². The summed E-state index contributed by atoms with van der Waals surface area (Å²) in [4.78, 5) is 0. The molecule has 0 spiro atoms. The van der Waals surface area contributed by atoms with Gasteiger partial charge in [-0.2, -0.15) is 0 Å². The van der Waals surface area contributed by atoms with E-state index in [1.54, 1.807) is 0 Å². The molecule has 1 aromatic rings. The van der Waals surface area contributed by atoms with Gasteiger partial charge in [0.25, 0.3) is 0 Å². The van der Waals surface area contributed by atoms with Crippen molar-refractivity contribution < 1.29 is 0 Å². The summed E-state index contributed by atoms with van der Waals surface area (Å²) in [5.41, 5.74) is 0.942. The van der Waals surface area contributed by atoms with Gasteiger partial charge < -0.3 is 10.6 Å². The van der Waals surface area contributed by atoms with Crippen molar-refractivity contribution in [2.24, 2.45) is 5.92 Å². The number of benzene rings is 1. The summed E-state index contributed by atoms with van der Waals surface area (Å²) >= 11 is 11.0. The van der Waals surface area contributed by atoms with Gasteiger partial charge in [0.15, 0.2) is 5.11 Å². The molecule has 4 heteroatoms. The van der Waals surface area contributed by atoms with Gasteiger partial charge in [-0.05, 0) is 49.3 Å². The van der Waals surface area contributed by atoms with Gasteiger partial charge in [0.2, 0.25) is 0 Å². The van der Waals surface area contributed by atoms with Crippen molar-refractivity contribution in [1.29, 1.82) is 0 Å². The van der Waals surface area contributed by atoms with E-state index in [4.69, 9.17) is 23.8 Å². The maximum absolute atomic E-state index is 5.80. The number of hydrogen-bond donors (Lipinski definition) is 2. The van der Waals surface area contributed by atoms with Crippen LogP contribution in [0, 0.1) is 5.92 Å². The van der Waals surface area contributed by atoms with E-state index in [0.717, 1.165) is 10.7 Å². The van der Waals surface area contributed by atoms with Gasteiger partial charge in [-0.25, -0.2) is 0 Å². The molecule has 1 rings (SSSR count). The maximum Gasteiger partial charge on any atom is 0.170 e. The highest BCUT2D eigenvalue weighted by Crippen LogP contribution is 2.13. The van der Waals surface area contributed by atoms with E-state index in [9.17, 15) is 0 Å². The normalized spacial score (nSPS) is 12.3. The Morgan fingerprint density at radius 2 is 1.75 bits per heavy atom. The molecule has 0 aliphatic carbocycles. The Morgan fingerprint density at radius 1 is 1.19 bits per heavy atom. The molecule has 0 fully saturated rings. The molecule has 88 valence electrons. The van der Waals surface area contributed by atoms with Gasteiger partial charge in [-0.3, -0.25) is 0 Å². The minimum Gasteiger partial charge on any atom is -0.360 e. The Morgan fingerprint density at radius 3 is 2.25 bits per heavy atom. The largest absolute Gasteiger partial charge is 0.360 e. The van der Waals surface area contributed by atoms with E-state index < -0.39 is 0 Å². The molecule has 0 saturated heterocycles. The third-order valence-corrected chi connectivity index (χ3v) is 2.93. The van der Waals surface area contributed by atoms with Crippen molar-refractivity contribution in [2.45, 2.75) is 26.8 Å². The van der Waals surface area contributed by atoms with E-state index in [1.807, 2.05) is 24.3 Å². The molecule has 0 aromatic heterocycles. The Kier molecular flexibility index (Phi) is 5.03. The number of anilines is 1. The fraction of sp³-hybridized carbons (Fsp3) is 0.417. The number of thiocarbonyl (C=S) groups is 1. The second-order valence-corrected chi connectivity index (χ2v) is 4.98. The van der Waals surface area contributed by atoms with Crippen molar-refractivity contribution >= 4 is 34.6 Å². The fourth-order valence-electron chi connectivity index (χ4n) is 1.07. The third kappa shape index (κ3) is 4.37. The van der Waals surface area contributed by atoms with Gasteiger partial charge in [0.1, 0.15) is 0 Å². The summed E-state index contributed by atoms with van der Waals surface area (Å²) in [6.07, 6.45) is 0. The molecule has 2 nitrogen and oxygen atoms in total. The van der Waals surface area contributed by atoms with Crippen molar-refractivity contribution in [3.05, 3.63) is 29.3 Å². The first-order valence-corrected chi connectivity index (χ1v) is 6.10. The molecule has 16 heavy (non-hydrogen) atoms. The zero-order chi connectivity index (χ0) is 12.1. The van der Waals surface area contributed by atoms with Crippen LogP contribution in [0.5, 0.6) is 0 Å². The second kappa shape index (κ2) is 6.06. The van der Waals surface area contributed by atoms with E-state index in [2.05, 4.69) is 31.4 Å². The molecule has 1 atom stereocenters. The SMILES string of the molecule is CC(C)[C@@H](C)NC(=S)Nc1ccc(Cl)cc1. The molecular formula is C12H17ClN2S. The van der Waals surface area contributed by atoms with Gasteiger partial charge in [0, 0.05) is 16.8 Å². The number of rotatable bonds is 3. The molecule has 0 unspecified atom stereocenters. The van der Waals surface area contributed by atoms with E-state index in [1.165, 1.54) is 0 Å². The summed E-state index contributed by atoms with van der Waals surface area (Å²) < 4.78 is 0. The van der Waals surface area contributed by atoms with Crippen LogP contribution in [0.2, 0.25) is 5.02 Å². The average Bonchev–Trinajstić information content (AvgIpc) is 2.21. The lowest BCUT2D eigenvalue weighted by Gasteiger charge is -2.19. The third-order valence-electron chi connectivity index (χ3n) is 2.46. The molecule has 0 aliphatic rings. The summed E-state index contributed by atoms with van der Waals surface area (Å²) in [7, 11) is 0. The molecule has 1 aromatic carbocycles. The Labute approximate surface area is 107 Å². The van der Waals surface area contributed by atoms with Crippen LogP contribution in [-0.4, -0.2) is 11.2 Å². The maximum atomic E-state index is 5.80. The lowest BCUT2D eigenvalue weighted by molar-refractivity contribution is 0.489. The van der Waals surface area contributed by atoms with Gasteiger partial charge in [0.05, 0.1) is 0 Å². The fourth-order valence-corrected chi connectivity index (χ4v) is 1.50. The Hall–Kier alpha value is -0.800. The predicted octanol–water partition coefficient (Wildman–Crippen LogP) is 3.67. The quantitative estimate of drug-likeness (QED) is 0.807. The van der Waals surface area contributed by atoms with Gasteiger partial charge in [-0.1, -0.05) is 25.4 Å². The zero-order valence-electron chi connectivity index (χ0n) is 9.75. The first kappa shape index (κ1) is 13.3. The van der Waals surface area contributed by atoms with Crippen LogP contribution < -0.4 is 10.6 Å². The molecule has 0 radical (unpaired) electrons. The van der Waals surface area contributed by atoms with Crippen LogP contribution in [0.4, 0.5) is 5.69 Å². The molecule has 2 N–H and O–H groups in total. The van der Waals surface area contributed by atoms with Crippen LogP contribution in [0.15, 0.2) is 24.3 Å². The Bertz CT molecular complexity index is 349. The highest BCUT2D eigenvalue weighted by atomic mass is 35.5. The smallest absolute Gasteiger partial charge is 0.170 e. The lowest BCUT2D eigenvalue weighted by Crippen LogP contribution is -2.38. The van der Waals surface area contributed by atoms with Gasteiger partial charge >= 0.3 is 0 Å². The first-order chi connectivity index (χ1) is 7.49. The average molecular weight is 257 g/mol. The highest BCUT2D eigenvalue weighted by molar-refractivity contribution is 7.80. The summed E-state index contributed by atoms with van der Waals surface area (Å²) in [6, 6.07) is 7.82. The first-order valence-electron chi connectivity index (χ1n) is 5.32. The van der Waals surface area contributed by atoms with Crippen LogP contribution in [0.1, 0.15) is 20.8 Å². The monoisotopic (exact) mass is 256 g/mol. The predicted molar refractivity (Wildman–Crippen MR) is 75.1 cm³/mol. The molecular weight excluding hydrogens is 240 g/mol. The van der Waals surface area contributed by atoms with E-state index in [0.29, 0.717) is 17.1 Å². The van der Waals surface area contributed by atoms with Gasteiger partial charge in [-0.15, -0.1) is 0 Å². The summed E-state index contributed by atoms with van der Waals surface area (Å²) in [5, 5.41) is 7.71. The molecule has 0 heterocycles. The van der Waals surface area contributed by atoms with Crippen LogP contribution in [-0.2, 0) is 0 Å². The standard InChI is InChI=1S/C12H17ClN2S/c1-8(2)9(3)14-12(16)15-11-6-4-10(13)5-7-11/h4-9H,1-3H3,(H2,14,15,16)/t9-/m1/s1. The summed E-state index contributed by atoms with van der Waals surface area (Å²) in [6.45, 7) is 6.42. The van der Waals surface area contributed by atoms with Crippen molar-refractivity contribution in [1.82, 2.24) is 5.32 Å². The number of nitrogens with one attached hydrogen (secondary N) is 2. The van der Waals surface area contributed by atoms with Crippen molar-refractivity contribution in [2.75, 3.05) is 5.32 Å². The molecule has 0 bridgehead atoms. The van der Waals surface area contributed by atoms with Crippen molar-refractivity contribution in [3.8, 4) is 0 Å². The van der Waals surface area contributed by atoms with Crippen LogP contribution in [0.3, 0.4) is 0 Å². The number of halogens is 1. The zero-order valence-corrected chi connectivity index (χ0v) is 11.3. The van der Waals surface area contributed by atoms with Crippen molar-refractivity contribution in [3.63, 3.8) is 0 Å². The van der Waals surface area contributed by atoms with Crippen LogP contribution in [0.25, 0.3) is 0 Å². The van der Waals surface area contributed by atoms with E-state index >= 15 is 0 Å². The van der Waals surface area contributed by atoms with Crippen LogP contribution >= 0.6 is 23.8 Å². The lowest BCUT2D eigenvalue weighted by atomic mass is 10.1. The number of hydrogen-bond acceptors (Lipinski definition) is 1. The second-order valence-electron chi connectivity index (χ2n) is 4.14. The minimum atomic E-state index is 0.354. The molecule has 0 aliphatic heterocycles.